The van der Waals surface area contributed by atoms with Gasteiger partial charge in [-0.15, -0.1) is 0 Å². The van der Waals surface area contributed by atoms with Crippen LogP contribution < -0.4 is 11.1 Å². The van der Waals surface area contributed by atoms with E-state index in [0.717, 1.165) is 12.5 Å². The molecule has 3 N–H and O–H groups in total. The molecule has 0 aromatic carbocycles. The van der Waals surface area contributed by atoms with Gasteiger partial charge in [-0.25, -0.2) is 0 Å². The summed E-state index contributed by atoms with van der Waals surface area (Å²) in [5, 5.41) is 3.74. The standard InChI is InChI=1S/C15H31N3/c1-15(2,12-6-5-9-18(3)10-12)11-17-14-8-4-7-13(14)16/h12-14,17H,4-11,16H2,1-3H3. The highest BCUT2D eigenvalue weighted by atomic mass is 15.1. The van der Waals surface area contributed by atoms with E-state index in [4.69, 9.17) is 5.73 Å². The van der Waals surface area contributed by atoms with Crippen LogP contribution in [0.2, 0.25) is 0 Å². The first kappa shape index (κ1) is 14.3. The van der Waals surface area contributed by atoms with Crippen molar-refractivity contribution in [3.8, 4) is 0 Å². The summed E-state index contributed by atoms with van der Waals surface area (Å²) in [6.07, 6.45) is 6.50. The smallest absolute Gasteiger partial charge is 0.0219 e. The monoisotopic (exact) mass is 253 g/mol. The first-order valence-corrected chi connectivity index (χ1v) is 7.66. The summed E-state index contributed by atoms with van der Waals surface area (Å²) in [6.45, 7) is 8.48. The Morgan fingerprint density at radius 1 is 1.22 bits per heavy atom. The van der Waals surface area contributed by atoms with Crippen molar-refractivity contribution in [1.29, 1.82) is 0 Å². The molecule has 3 nitrogen and oxygen atoms in total. The van der Waals surface area contributed by atoms with Crippen LogP contribution >= 0.6 is 0 Å². The highest BCUT2D eigenvalue weighted by molar-refractivity contribution is 4.90. The van der Waals surface area contributed by atoms with Crippen molar-refractivity contribution in [2.45, 2.75) is 58.0 Å². The van der Waals surface area contributed by atoms with Gasteiger partial charge in [0.15, 0.2) is 0 Å². The Morgan fingerprint density at radius 3 is 2.61 bits per heavy atom. The van der Waals surface area contributed by atoms with Crippen LogP contribution in [0.4, 0.5) is 0 Å². The molecule has 0 spiro atoms. The van der Waals surface area contributed by atoms with Crippen LogP contribution in [0.15, 0.2) is 0 Å². The third-order valence-corrected chi connectivity index (χ3v) is 5.12. The van der Waals surface area contributed by atoms with E-state index in [1.54, 1.807) is 0 Å². The number of hydrogen-bond acceptors (Lipinski definition) is 3. The second kappa shape index (κ2) is 5.89. The van der Waals surface area contributed by atoms with Crippen molar-refractivity contribution in [1.82, 2.24) is 10.2 Å². The predicted molar refractivity (Wildman–Crippen MR) is 77.6 cm³/mol. The highest BCUT2D eigenvalue weighted by Crippen LogP contribution is 2.33. The molecule has 3 atom stereocenters. The first-order chi connectivity index (χ1) is 8.49. The molecular weight excluding hydrogens is 222 g/mol. The van der Waals surface area contributed by atoms with Gasteiger partial charge in [0.05, 0.1) is 0 Å². The van der Waals surface area contributed by atoms with Gasteiger partial charge in [0, 0.05) is 25.2 Å². The molecule has 106 valence electrons. The van der Waals surface area contributed by atoms with E-state index in [0.29, 0.717) is 17.5 Å². The number of hydrogen-bond donors (Lipinski definition) is 2. The Kier molecular flexibility index (Phi) is 4.68. The van der Waals surface area contributed by atoms with Crippen molar-refractivity contribution in [2.24, 2.45) is 17.1 Å². The fourth-order valence-electron chi connectivity index (χ4n) is 3.58. The predicted octanol–water partition coefficient (Wildman–Crippen LogP) is 1.82. The van der Waals surface area contributed by atoms with Crippen LogP contribution in [0.1, 0.15) is 46.0 Å². The SMILES string of the molecule is CN1CCCC(C(C)(C)CNC2CCCC2N)C1. The molecule has 1 saturated carbocycles. The molecule has 0 radical (unpaired) electrons. The molecule has 0 bridgehead atoms. The van der Waals surface area contributed by atoms with Gasteiger partial charge in [0.2, 0.25) is 0 Å². The van der Waals surface area contributed by atoms with Gasteiger partial charge < -0.3 is 16.0 Å². The quantitative estimate of drug-likeness (QED) is 0.803. The average molecular weight is 253 g/mol. The minimum Gasteiger partial charge on any atom is -0.326 e. The van der Waals surface area contributed by atoms with Crippen molar-refractivity contribution in [3.63, 3.8) is 0 Å². The zero-order chi connectivity index (χ0) is 13.2. The molecule has 3 unspecified atom stereocenters. The summed E-state index contributed by atoms with van der Waals surface area (Å²) in [5.41, 5.74) is 6.52. The van der Waals surface area contributed by atoms with E-state index in [1.165, 1.54) is 45.2 Å². The molecular formula is C15H31N3. The molecule has 1 heterocycles. The topological polar surface area (TPSA) is 41.3 Å². The third kappa shape index (κ3) is 3.46. The summed E-state index contributed by atoms with van der Waals surface area (Å²) in [4.78, 5) is 2.48. The minimum absolute atomic E-state index is 0.384. The van der Waals surface area contributed by atoms with E-state index >= 15 is 0 Å². The lowest BCUT2D eigenvalue weighted by Crippen LogP contribution is -2.49. The lowest BCUT2D eigenvalue weighted by atomic mass is 9.74. The van der Waals surface area contributed by atoms with Crippen LogP contribution in [-0.4, -0.2) is 43.7 Å². The summed E-state index contributed by atoms with van der Waals surface area (Å²) in [5.74, 6) is 0.821. The first-order valence-electron chi connectivity index (χ1n) is 7.66. The normalized spacial score (nSPS) is 35.0. The second-order valence-electron chi connectivity index (χ2n) is 7.17. The van der Waals surface area contributed by atoms with Crippen molar-refractivity contribution in [2.75, 3.05) is 26.7 Å². The number of piperidine rings is 1. The van der Waals surface area contributed by atoms with Crippen LogP contribution in [0.3, 0.4) is 0 Å². The molecule has 3 heteroatoms. The zero-order valence-electron chi connectivity index (χ0n) is 12.4. The Bertz CT molecular complexity index is 264. The van der Waals surface area contributed by atoms with Crippen molar-refractivity contribution in [3.05, 3.63) is 0 Å². The van der Waals surface area contributed by atoms with E-state index in [9.17, 15) is 0 Å². The summed E-state index contributed by atoms with van der Waals surface area (Å²) in [7, 11) is 2.25. The van der Waals surface area contributed by atoms with Crippen LogP contribution in [0, 0.1) is 11.3 Å². The molecule has 0 aromatic heterocycles. The van der Waals surface area contributed by atoms with Gasteiger partial charge in [-0.1, -0.05) is 20.3 Å². The maximum absolute atomic E-state index is 6.14. The Hall–Kier alpha value is -0.120. The average Bonchev–Trinajstić information content (AvgIpc) is 2.72. The molecule has 0 aromatic rings. The van der Waals surface area contributed by atoms with E-state index < -0.39 is 0 Å². The summed E-state index contributed by atoms with van der Waals surface area (Å²) in [6, 6.07) is 0.945. The number of nitrogens with one attached hydrogen (secondary N) is 1. The molecule has 1 aliphatic carbocycles. The van der Waals surface area contributed by atoms with Crippen LogP contribution in [-0.2, 0) is 0 Å². The molecule has 2 aliphatic rings. The fourth-order valence-corrected chi connectivity index (χ4v) is 3.58. The van der Waals surface area contributed by atoms with Gasteiger partial charge in [0.25, 0.3) is 0 Å². The molecule has 1 aliphatic heterocycles. The zero-order valence-corrected chi connectivity index (χ0v) is 12.4. The van der Waals surface area contributed by atoms with E-state index in [-0.39, 0.29) is 0 Å². The van der Waals surface area contributed by atoms with Gasteiger partial charge in [0.1, 0.15) is 0 Å². The van der Waals surface area contributed by atoms with E-state index in [2.05, 4.69) is 31.1 Å². The van der Waals surface area contributed by atoms with Crippen LogP contribution in [0.5, 0.6) is 0 Å². The second-order valence-corrected chi connectivity index (χ2v) is 7.17. The van der Waals surface area contributed by atoms with Gasteiger partial charge >= 0.3 is 0 Å². The number of nitrogens with zero attached hydrogens (tertiary/aromatic N) is 1. The summed E-state index contributed by atoms with van der Waals surface area (Å²) >= 11 is 0. The number of nitrogens with two attached hydrogens (primary N) is 1. The summed E-state index contributed by atoms with van der Waals surface area (Å²) < 4.78 is 0. The highest BCUT2D eigenvalue weighted by Gasteiger charge is 2.33. The number of likely N-dealkylation sites (tertiary alicyclic amines) is 1. The Labute approximate surface area is 112 Å². The van der Waals surface area contributed by atoms with Crippen LogP contribution in [0.25, 0.3) is 0 Å². The molecule has 2 rings (SSSR count). The lowest BCUT2D eigenvalue weighted by Gasteiger charge is -2.41. The molecule has 1 saturated heterocycles. The fraction of sp³-hybridized carbons (Fsp3) is 1.00. The molecule has 18 heavy (non-hydrogen) atoms. The maximum Gasteiger partial charge on any atom is 0.0219 e. The third-order valence-electron chi connectivity index (χ3n) is 5.12. The Balaban J connectivity index is 1.82. The van der Waals surface area contributed by atoms with Crippen molar-refractivity contribution >= 4 is 0 Å². The lowest BCUT2D eigenvalue weighted by molar-refractivity contribution is 0.0997. The number of rotatable bonds is 4. The molecule has 0 amide bonds. The largest absolute Gasteiger partial charge is 0.326 e. The maximum atomic E-state index is 6.14. The Morgan fingerprint density at radius 2 is 2.00 bits per heavy atom. The van der Waals surface area contributed by atoms with Gasteiger partial charge in [-0.2, -0.15) is 0 Å². The molecule has 2 fully saturated rings. The van der Waals surface area contributed by atoms with Crippen molar-refractivity contribution < 1.29 is 0 Å². The van der Waals surface area contributed by atoms with Gasteiger partial charge in [-0.3, -0.25) is 0 Å². The van der Waals surface area contributed by atoms with E-state index in [1.807, 2.05) is 0 Å². The van der Waals surface area contributed by atoms with Gasteiger partial charge in [-0.05, 0) is 50.6 Å². The minimum atomic E-state index is 0.384.